The molecule has 0 heterocycles. The summed E-state index contributed by atoms with van der Waals surface area (Å²) in [6.45, 7) is 8.41. The third kappa shape index (κ3) is 4.47. The van der Waals surface area contributed by atoms with Crippen LogP contribution < -0.4 is 4.74 Å². The smallest absolute Gasteiger partial charge is 0.312 e. The second-order valence-corrected chi connectivity index (χ2v) is 4.29. The molecule has 3 nitrogen and oxygen atoms in total. The Morgan fingerprint density at radius 3 is 2.35 bits per heavy atom. The van der Waals surface area contributed by atoms with Gasteiger partial charge in [0.2, 0.25) is 0 Å². The topological polar surface area (TPSA) is 35.5 Å². The first-order chi connectivity index (χ1) is 8.02. The van der Waals surface area contributed by atoms with Crippen LogP contribution in [0.3, 0.4) is 0 Å². The first kappa shape index (κ1) is 13.6. The van der Waals surface area contributed by atoms with Crippen molar-refractivity contribution >= 4 is 5.97 Å². The van der Waals surface area contributed by atoms with Gasteiger partial charge in [-0.05, 0) is 51.0 Å². The number of benzene rings is 1. The molecule has 0 bridgehead atoms. The number of carbonyl (C=O) groups is 1. The zero-order valence-electron chi connectivity index (χ0n) is 10.9. The summed E-state index contributed by atoms with van der Waals surface area (Å²) in [5.41, 5.74) is 2.31. The molecule has 0 radical (unpaired) electrons. The van der Waals surface area contributed by atoms with Crippen molar-refractivity contribution in [3.63, 3.8) is 0 Å². The van der Waals surface area contributed by atoms with Gasteiger partial charge in [-0.3, -0.25) is 4.79 Å². The van der Waals surface area contributed by atoms with Crippen LogP contribution in [0.1, 0.15) is 25.0 Å². The summed E-state index contributed by atoms with van der Waals surface area (Å²) in [5.74, 6) is 0.353. The van der Waals surface area contributed by atoms with Crippen molar-refractivity contribution in [2.24, 2.45) is 5.92 Å². The lowest BCUT2D eigenvalue weighted by Crippen LogP contribution is -2.21. The number of rotatable bonds is 5. The molecule has 1 rings (SSSR count). The second-order valence-electron chi connectivity index (χ2n) is 4.29. The van der Waals surface area contributed by atoms with Gasteiger partial charge in [0, 0.05) is 0 Å². The van der Waals surface area contributed by atoms with Gasteiger partial charge < -0.3 is 9.47 Å². The van der Waals surface area contributed by atoms with E-state index in [0.29, 0.717) is 13.2 Å². The molecular weight excluding hydrogens is 216 g/mol. The van der Waals surface area contributed by atoms with Crippen LogP contribution in [-0.4, -0.2) is 19.2 Å². The van der Waals surface area contributed by atoms with Gasteiger partial charge in [-0.1, -0.05) is 6.07 Å². The van der Waals surface area contributed by atoms with Crippen molar-refractivity contribution in [3.05, 3.63) is 29.3 Å². The van der Waals surface area contributed by atoms with Crippen molar-refractivity contribution < 1.29 is 14.3 Å². The average Bonchev–Trinajstić information content (AvgIpc) is 2.25. The number of carbonyl (C=O) groups excluding carboxylic acids is 1. The van der Waals surface area contributed by atoms with E-state index in [0.717, 1.165) is 16.9 Å². The summed E-state index contributed by atoms with van der Waals surface area (Å²) in [5, 5.41) is 0. The monoisotopic (exact) mass is 236 g/mol. The SMILES string of the molecule is CCOC(=O)C(C)COc1cc(C)cc(C)c1. The number of ether oxygens (including phenoxy) is 2. The highest BCUT2D eigenvalue weighted by atomic mass is 16.5. The van der Waals surface area contributed by atoms with Gasteiger partial charge in [-0.2, -0.15) is 0 Å². The third-order valence-electron chi connectivity index (χ3n) is 2.38. The molecule has 0 aliphatic rings. The number of aryl methyl sites for hydroxylation is 2. The molecule has 0 aliphatic heterocycles. The van der Waals surface area contributed by atoms with Crippen LogP contribution in [0.4, 0.5) is 0 Å². The summed E-state index contributed by atoms with van der Waals surface area (Å²) in [6.07, 6.45) is 0. The highest BCUT2D eigenvalue weighted by Gasteiger charge is 2.14. The standard InChI is InChI=1S/C14H20O3/c1-5-16-14(15)12(4)9-17-13-7-10(2)6-11(3)8-13/h6-8,12H,5,9H2,1-4H3. The molecule has 94 valence electrons. The molecular formula is C14H20O3. The molecule has 0 amide bonds. The average molecular weight is 236 g/mol. The fourth-order valence-electron chi connectivity index (χ4n) is 1.59. The van der Waals surface area contributed by atoms with Crippen molar-refractivity contribution in [3.8, 4) is 5.75 Å². The molecule has 3 heteroatoms. The van der Waals surface area contributed by atoms with E-state index in [2.05, 4.69) is 6.07 Å². The van der Waals surface area contributed by atoms with E-state index in [-0.39, 0.29) is 11.9 Å². The maximum Gasteiger partial charge on any atom is 0.312 e. The summed E-state index contributed by atoms with van der Waals surface area (Å²) in [4.78, 5) is 11.4. The minimum Gasteiger partial charge on any atom is -0.493 e. The minimum absolute atomic E-state index is 0.211. The molecule has 0 saturated heterocycles. The first-order valence-electron chi connectivity index (χ1n) is 5.90. The predicted molar refractivity (Wildman–Crippen MR) is 67.2 cm³/mol. The van der Waals surface area contributed by atoms with Crippen LogP contribution >= 0.6 is 0 Å². The number of hydrogen-bond donors (Lipinski definition) is 0. The molecule has 1 unspecified atom stereocenters. The Labute approximate surface area is 103 Å². The number of hydrogen-bond acceptors (Lipinski definition) is 3. The molecule has 1 aromatic carbocycles. The molecule has 0 N–H and O–H groups in total. The van der Waals surface area contributed by atoms with E-state index in [9.17, 15) is 4.79 Å². The maximum absolute atomic E-state index is 11.4. The highest BCUT2D eigenvalue weighted by molar-refractivity contribution is 5.72. The Kier molecular flexibility index (Phi) is 5.01. The van der Waals surface area contributed by atoms with Gasteiger partial charge >= 0.3 is 5.97 Å². The van der Waals surface area contributed by atoms with Crippen molar-refractivity contribution in [2.45, 2.75) is 27.7 Å². The Morgan fingerprint density at radius 1 is 1.24 bits per heavy atom. The molecule has 17 heavy (non-hydrogen) atoms. The van der Waals surface area contributed by atoms with E-state index >= 15 is 0 Å². The number of esters is 1. The molecule has 0 spiro atoms. The molecule has 1 atom stereocenters. The van der Waals surface area contributed by atoms with Crippen molar-refractivity contribution in [1.82, 2.24) is 0 Å². The molecule has 0 fully saturated rings. The van der Waals surface area contributed by atoms with Gasteiger partial charge in [-0.15, -0.1) is 0 Å². The van der Waals surface area contributed by atoms with Crippen LogP contribution in [-0.2, 0) is 9.53 Å². The predicted octanol–water partition coefficient (Wildman–Crippen LogP) is 2.88. The Morgan fingerprint density at radius 2 is 1.82 bits per heavy atom. The molecule has 0 saturated carbocycles. The molecule has 0 aromatic heterocycles. The van der Waals surface area contributed by atoms with Crippen LogP contribution in [0.5, 0.6) is 5.75 Å². The largest absolute Gasteiger partial charge is 0.493 e. The lowest BCUT2D eigenvalue weighted by Gasteiger charge is -2.13. The summed E-state index contributed by atoms with van der Waals surface area (Å²) in [7, 11) is 0. The summed E-state index contributed by atoms with van der Waals surface area (Å²) in [6, 6.07) is 6.01. The Hall–Kier alpha value is -1.51. The highest BCUT2D eigenvalue weighted by Crippen LogP contribution is 2.17. The van der Waals surface area contributed by atoms with Crippen molar-refractivity contribution in [1.29, 1.82) is 0 Å². The fourth-order valence-corrected chi connectivity index (χ4v) is 1.59. The summed E-state index contributed by atoms with van der Waals surface area (Å²) < 4.78 is 10.5. The quantitative estimate of drug-likeness (QED) is 0.737. The molecule has 1 aromatic rings. The third-order valence-corrected chi connectivity index (χ3v) is 2.38. The van der Waals surface area contributed by atoms with E-state index in [1.54, 1.807) is 13.8 Å². The van der Waals surface area contributed by atoms with Gasteiger partial charge in [0.25, 0.3) is 0 Å². The van der Waals surface area contributed by atoms with Crippen LogP contribution in [0.15, 0.2) is 18.2 Å². The van der Waals surface area contributed by atoms with Crippen molar-refractivity contribution in [2.75, 3.05) is 13.2 Å². The maximum atomic E-state index is 11.4. The van der Waals surface area contributed by atoms with Gasteiger partial charge in [-0.25, -0.2) is 0 Å². The van der Waals surface area contributed by atoms with Crippen LogP contribution in [0, 0.1) is 19.8 Å². The van der Waals surface area contributed by atoms with Gasteiger partial charge in [0.1, 0.15) is 12.4 Å². The van der Waals surface area contributed by atoms with E-state index in [1.807, 2.05) is 26.0 Å². The van der Waals surface area contributed by atoms with E-state index in [4.69, 9.17) is 9.47 Å². The Balaban J connectivity index is 2.52. The Bertz CT molecular complexity index is 365. The summed E-state index contributed by atoms with van der Waals surface area (Å²) >= 11 is 0. The lowest BCUT2D eigenvalue weighted by molar-refractivity contribution is -0.148. The normalized spacial score (nSPS) is 12.0. The van der Waals surface area contributed by atoms with E-state index < -0.39 is 0 Å². The zero-order chi connectivity index (χ0) is 12.8. The first-order valence-corrected chi connectivity index (χ1v) is 5.90. The van der Waals surface area contributed by atoms with Crippen LogP contribution in [0.2, 0.25) is 0 Å². The van der Waals surface area contributed by atoms with Gasteiger partial charge in [0.15, 0.2) is 0 Å². The van der Waals surface area contributed by atoms with E-state index in [1.165, 1.54) is 0 Å². The molecule has 0 aliphatic carbocycles. The minimum atomic E-state index is -0.240. The fraction of sp³-hybridized carbons (Fsp3) is 0.500. The van der Waals surface area contributed by atoms with Gasteiger partial charge in [0.05, 0.1) is 12.5 Å². The zero-order valence-corrected chi connectivity index (χ0v) is 10.9. The van der Waals surface area contributed by atoms with Crippen LogP contribution in [0.25, 0.3) is 0 Å². The lowest BCUT2D eigenvalue weighted by atomic mass is 10.1. The second kappa shape index (κ2) is 6.28.